The standard InChI is InChI=1S/C28H37FN2O3S2/c1-2-24-23(18-25(36-24)19-13-16-35-17-14-19)27(20-6-4-3-5-7-20)31-22-10-8-21(9-11-22)28(33)30-15-12-26(32)34-29/h8-11,18-20,27,31H,2-7,12-17H2,1H3,(H,30,33). The number of amides is 1. The number of carbonyl (C=O) groups excluding carboxylic acids is 2. The van der Waals surface area contributed by atoms with Gasteiger partial charge >= 0.3 is 5.97 Å². The van der Waals surface area contributed by atoms with Gasteiger partial charge in [0.1, 0.15) is 0 Å². The first-order chi connectivity index (χ1) is 17.6. The number of hydrogen-bond acceptors (Lipinski definition) is 6. The average molecular weight is 533 g/mol. The van der Waals surface area contributed by atoms with Crippen LogP contribution in [0.2, 0.25) is 0 Å². The molecule has 0 radical (unpaired) electrons. The third kappa shape index (κ3) is 7.03. The van der Waals surface area contributed by atoms with E-state index in [1.54, 1.807) is 17.0 Å². The monoisotopic (exact) mass is 532 g/mol. The summed E-state index contributed by atoms with van der Waals surface area (Å²) in [5.41, 5.74) is 2.99. The van der Waals surface area contributed by atoms with Crippen LogP contribution >= 0.6 is 23.1 Å². The van der Waals surface area contributed by atoms with E-state index in [-0.39, 0.29) is 24.9 Å². The van der Waals surface area contributed by atoms with E-state index in [4.69, 9.17) is 0 Å². The number of thioether (sulfide) groups is 1. The Labute approximate surface area is 221 Å². The average Bonchev–Trinajstić information content (AvgIpc) is 3.37. The summed E-state index contributed by atoms with van der Waals surface area (Å²) in [6, 6.07) is 10.3. The van der Waals surface area contributed by atoms with Crippen LogP contribution in [0.5, 0.6) is 0 Å². The highest BCUT2D eigenvalue weighted by Crippen LogP contribution is 2.44. The van der Waals surface area contributed by atoms with E-state index in [1.807, 2.05) is 23.5 Å². The lowest BCUT2D eigenvalue weighted by Gasteiger charge is -2.32. The van der Waals surface area contributed by atoms with Crippen LogP contribution in [-0.2, 0) is 16.2 Å². The molecule has 2 N–H and O–H groups in total. The van der Waals surface area contributed by atoms with E-state index >= 15 is 0 Å². The molecule has 1 unspecified atom stereocenters. The number of thiophene rings is 1. The molecule has 0 spiro atoms. The molecule has 1 aliphatic carbocycles. The van der Waals surface area contributed by atoms with Crippen molar-refractivity contribution < 1.29 is 19.1 Å². The van der Waals surface area contributed by atoms with Crippen LogP contribution in [0.1, 0.15) is 95.9 Å². The third-order valence-electron chi connectivity index (χ3n) is 7.43. The molecule has 2 heterocycles. The van der Waals surface area contributed by atoms with Crippen molar-refractivity contribution >= 4 is 40.7 Å². The molecule has 2 fully saturated rings. The molecule has 196 valence electrons. The van der Waals surface area contributed by atoms with Crippen LogP contribution in [0.4, 0.5) is 10.2 Å². The van der Waals surface area contributed by atoms with Crippen molar-refractivity contribution in [1.82, 2.24) is 5.32 Å². The highest BCUT2D eigenvalue weighted by molar-refractivity contribution is 7.99. The molecule has 1 atom stereocenters. The van der Waals surface area contributed by atoms with E-state index in [2.05, 4.69) is 40.3 Å². The second-order valence-corrected chi connectivity index (χ2v) is 12.2. The first-order valence-corrected chi connectivity index (χ1v) is 15.2. The second kappa shape index (κ2) is 13.5. The smallest absolute Gasteiger partial charge is 0.350 e. The molecule has 0 bridgehead atoms. The number of halogens is 1. The van der Waals surface area contributed by atoms with Gasteiger partial charge in [0, 0.05) is 32.1 Å². The summed E-state index contributed by atoms with van der Waals surface area (Å²) < 4.78 is 11.8. The number of anilines is 1. The molecule has 1 amide bonds. The summed E-state index contributed by atoms with van der Waals surface area (Å²) in [5, 5.41) is 6.48. The van der Waals surface area contributed by atoms with Crippen molar-refractivity contribution in [2.75, 3.05) is 23.4 Å². The van der Waals surface area contributed by atoms with Crippen LogP contribution < -0.4 is 10.6 Å². The number of rotatable bonds is 10. The molecule has 1 aliphatic heterocycles. The predicted molar refractivity (Wildman–Crippen MR) is 147 cm³/mol. The summed E-state index contributed by atoms with van der Waals surface area (Å²) in [7, 11) is 0. The maximum atomic E-state index is 12.4. The Kier molecular flexibility index (Phi) is 10.1. The first-order valence-electron chi connectivity index (χ1n) is 13.3. The molecular weight excluding hydrogens is 495 g/mol. The van der Waals surface area contributed by atoms with Gasteiger partial charge in [0.05, 0.1) is 12.5 Å². The van der Waals surface area contributed by atoms with Crippen LogP contribution in [0.25, 0.3) is 0 Å². The zero-order valence-electron chi connectivity index (χ0n) is 21.0. The predicted octanol–water partition coefficient (Wildman–Crippen LogP) is 7.20. The Balaban J connectivity index is 1.50. The lowest BCUT2D eigenvalue weighted by atomic mass is 9.80. The zero-order valence-corrected chi connectivity index (χ0v) is 22.7. The van der Waals surface area contributed by atoms with Gasteiger partial charge in [0.25, 0.3) is 5.91 Å². The number of aryl methyl sites for hydroxylation is 1. The summed E-state index contributed by atoms with van der Waals surface area (Å²) >= 11 is 4.11. The molecule has 2 aliphatic rings. The molecule has 5 nitrogen and oxygen atoms in total. The van der Waals surface area contributed by atoms with Gasteiger partial charge in [-0.2, -0.15) is 11.8 Å². The van der Waals surface area contributed by atoms with Gasteiger partial charge in [0.15, 0.2) is 0 Å². The largest absolute Gasteiger partial charge is 0.378 e. The second-order valence-electron chi connectivity index (χ2n) is 9.82. The topological polar surface area (TPSA) is 67.4 Å². The summed E-state index contributed by atoms with van der Waals surface area (Å²) in [6.45, 7) is 2.31. The molecular formula is C28H37FN2O3S2. The molecule has 1 saturated heterocycles. The van der Waals surface area contributed by atoms with Gasteiger partial charge < -0.3 is 10.6 Å². The van der Waals surface area contributed by atoms with Gasteiger partial charge in [-0.3, -0.25) is 9.74 Å². The normalized spacial score (nSPS) is 17.9. The Morgan fingerprint density at radius 1 is 1.08 bits per heavy atom. The Morgan fingerprint density at radius 2 is 1.81 bits per heavy atom. The van der Waals surface area contributed by atoms with E-state index in [0.29, 0.717) is 17.4 Å². The molecule has 8 heteroatoms. The quantitative estimate of drug-likeness (QED) is 0.339. The lowest BCUT2D eigenvalue weighted by Crippen LogP contribution is -2.26. The van der Waals surface area contributed by atoms with Crippen molar-refractivity contribution in [2.45, 2.75) is 76.7 Å². The summed E-state index contributed by atoms with van der Waals surface area (Å²) in [6.07, 6.45) is 9.82. The minimum absolute atomic E-state index is 0.0330. The first kappa shape index (κ1) is 27.0. The minimum atomic E-state index is -0.992. The number of benzene rings is 1. The lowest BCUT2D eigenvalue weighted by molar-refractivity contribution is -0.183. The van der Waals surface area contributed by atoms with E-state index in [0.717, 1.165) is 12.1 Å². The fourth-order valence-corrected chi connectivity index (χ4v) is 7.85. The molecule has 2 aromatic rings. The number of hydrogen-bond donors (Lipinski definition) is 2. The van der Waals surface area contributed by atoms with Gasteiger partial charge in [0.2, 0.25) is 0 Å². The zero-order chi connectivity index (χ0) is 25.3. The van der Waals surface area contributed by atoms with Crippen molar-refractivity contribution in [3.63, 3.8) is 0 Å². The number of nitrogens with one attached hydrogen (secondary N) is 2. The van der Waals surface area contributed by atoms with Gasteiger partial charge in [-0.05, 0) is 91.3 Å². The van der Waals surface area contributed by atoms with Gasteiger partial charge in [-0.25, -0.2) is 4.79 Å². The molecule has 1 saturated carbocycles. The maximum Gasteiger partial charge on any atom is 0.350 e. The summed E-state index contributed by atoms with van der Waals surface area (Å²) in [4.78, 5) is 29.5. The van der Waals surface area contributed by atoms with Gasteiger partial charge in [-0.15, -0.1) is 11.3 Å². The summed E-state index contributed by atoms with van der Waals surface area (Å²) in [5.74, 6) is 2.55. The van der Waals surface area contributed by atoms with E-state index in [1.165, 1.54) is 66.9 Å². The molecule has 4 rings (SSSR count). The fraction of sp³-hybridized carbons (Fsp3) is 0.571. The van der Waals surface area contributed by atoms with Crippen molar-refractivity contribution in [1.29, 1.82) is 0 Å². The minimum Gasteiger partial charge on any atom is -0.378 e. The van der Waals surface area contributed by atoms with Crippen LogP contribution in [0.3, 0.4) is 0 Å². The van der Waals surface area contributed by atoms with Crippen LogP contribution in [0.15, 0.2) is 30.3 Å². The molecule has 36 heavy (non-hydrogen) atoms. The van der Waals surface area contributed by atoms with Gasteiger partial charge in [-0.1, -0.05) is 26.2 Å². The highest BCUT2D eigenvalue weighted by Gasteiger charge is 2.29. The van der Waals surface area contributed by atoms with Crippen molar-refractivity contribution in [2.24, 2.45) is 5.92 Å². The van der Waals surface area contributed by atoms with E-state index < -0.39 is 5.97 Å². The molecule has 1 aromatic carbocycles. The fourth-order valence-electron chi connectivity index (χ4n) is 5.42. The Morgan fingerprint density at radius 3 is 2.47 bits per heavy atom. The molecule has 1 aromatic heterocycles. The third-order valence-corrected chi connectivity index (χ3v) is 9.94. The Bertz CT molecular complexity index is 999. The van der Waals surface area contributed by atoms with E-state index in [9.17, 15) is 14.1 Å². The SMILES string of the molecule is CCc1sc(C2CCSCC2)cc1C(Nc1ccc(C(=O)NCCC(=O)OF)cc1)C1CCCCC1. The van der Waals surface area contributed by atoms with Crippen molar-refractivity contribution in [3.8, 4) is 0 Å². The van der Waals surface area contributed by atoms with Crippen LogP contribution in [-0.4, -0.2) is 29.9 Å². The number of carbonyl (C=O) groups is 2. The Hall–Kier alpha value is -2.06. The highest BCUT2D eigenvalue weighted by atomic mass is 32.2. The maximum absolute atomic E-state index is 12.4. The van der Waals surface area contributed by atoms with Crippen molar-refractivity contribution in [3.05, 3.63) is 51.2 Å². The van der Waals surface area contributed by atoms with Crippen LogP contribution in [0, 0.1) is 5.92 Å².